The first-order valence-electron chi connectivity index (χ1n) is 11.4. The van der Waals surface area contributed by atoms with Crippen molar-refractivity contribution in [3.63, 3.8) is 0 Å². The molecular formula is C22H29F6N5O6. The predicted octanol–water partition coefficient (Wildman–Crippen LogP) is 2.09. The first-order chi connectivity index (χ1) is 17.8. The van der Waals surface area contributed by atoms with E-state index >= 15 is 0 Å². The summed E-state index contributed by atoms with van der Waals surface area (Å²) in [5, 5.41) is 20.2. The van der Waals surface area contributed by atoms with E-state index in [2.05, 4.69) is 20.5 Å². The first-order valence-corrected chi connectivity index (χ1v) is 11.4. The van der Waals surface area contributed by atoms with Crippen molar-refractivity contribution in [2.75, 3.05) is 32.7 Å². The highest BCUT2D eigenvalue weighted by Gasteiger charge is 2.44. The van der Waals surface area contributed by atoms with Crippen LogP contribution in [-0.2, 0) is 20.9 Å². The largest absolute Gasteiger partial charge is 0.490 e. The second-order valence-corrected chi connectivity index (χ2v) is 9.12. The lowest BCUT2D eigenvalue weighted by atomic mass is 9.86. The van der Waals surface area contributed by atoms with Crippen LogP contribution in [0.3, 0.4) is 0 Å². The van der Waals surface area contributed by atoms with E-state index in [1.165, 1.54) is 0 Å². The molecule has 1 unspecified atom stereocenters. The van der Waals surface area contributed by atoms with Crippen LogP contribution >= 0.6 is 0 Å². The molecule has 2 aliphatic rings. The second-order valence-electron chi connectivity index (χ2n) is 9.12. The molecule has 0 aromatic carbocycles. The lowest BCUT2D eigenvalue weighted by molar-refractivity contribution is -0.193. The van der Waals surface area contributed by atoms with Gasteiger partial charge in [-0.05, 0) is 26.0 Å². The molecule has 3 heterocycles. The number of rotatable bonds is 3. The molecule has 0 aliphatic carbocycles. The van der Waals surface area contributed by atoms with E-state index in [4.69, 9.17) is 19.8 Å². The van der Waals surface area contributed by atoms with Gasteiger partial charge in [0.1, 0.15) is 0 Å². The van der Waals surface area contributed by atoms with E-state index in [1.807, 2.05) is 36.9 Å². The molecule has 1 atom stereocenters. The van der Waals surface area contributed by atoms with Gasteiger partial charge in [0.25, 0.3) is 0 Å². The van der Waals surface area contributed by atoms with Gasteiger partial charge in [-0.2, -0.15) is 26.3 Å². The number of aromatic nitrogens is 1. The number of urea groups is 1. The minimum Gasteiger partial charge on any atom is -0.475 e. The van der Waals surface area contributed by atoms with Gasteiger partial charge in [-0.15, -0.1) is 0 Å². The van der Waals surface area contributed by atoms with Gasteiger partial charge in [0.05, 0.1) is 5.69 Å². The normalized spacial score (nSPS) is 19.7. The van der Waals surface area contributed by atoms with Crippen LogP contribution in [0.4, 0.5) is 31.1 Å². The fourth-order valence-electron chi connectivity index (χ4n) is 3.69. The Kier molecular flexibility index (Phi) is 12.0. The Labute approximate surface area is 219 Å². The Bertz CT molecular complexity index is 968. The summed E-state index contributed by atoms with van der Waals surface area (Å²) in [6.07, 6.45) is -7.90. The number of carbonyl (C=O) groups is 4. The minimum atomic E-state index is -5.08. The molecule has 3 amide bonds. The fourth-order valence-corrected chi connectivity index (χ4v) is 3.69. The molecule has 0 radical (unpaired) electrons. The van der Waals surface area contributed by atoms with Crippen LogP contribution < -0.4 is 10.6 Å². The van der Waals surface area contributed by atoms with Crippen molar-refractivity contribution in [3.8, 4) is 0 Å². The molecule has 2 fully saturated rings. The number of hydrogen-bond donors (Lipinski definition) is 4. The first kappa shape index (κ1) is 33.4. The van der Waals surface area contributed by atoms with Crippen LogP contribution in [-0.4, -0.2) is 100.0 Å². The fraction of sp³-hybridized carbons (Fsp3) is 0.591. The lowest BCUT2D eigenvalue weighted by Crippen LogP contribution is -2.48. The monoisotopic (exact) mass is 573 g/mol. The van der Waals surface area contributed by atoms with Crippen molar-refractivity contribution in [3.05, 3.63) is 30.1 Å². The molecule has 0 saturated carbocycles. The Morgan fingerprint density at radius 3 is 2.03 bits per heavy atom. The summed E-state index contributed by atoms with van der Waals surface area (Å²) in [5.41, 5.74) is 0.784. The van der Waals surface area contributed by atoms with Crippen molar-refractivity contribution in [1.29, 1.82) is 0 Å². The van der Waals surface area contributed by atoms with E-state index < -0.39 is 24.3 Å². The molecular weight excluding hydrogens is 544 g/mol. The number of amides is 3. The SMILES string of the molecule is CC(C)NC(=O)N1CCN(Cc2ccccn2)CC2(CNC(=O)C2)C1.O=C(O)C(F)(F)F.O=C(O)C(F)(F)F. The van der Waals surface area contributed by atoms with Crippen molar-refractivity contribution in [2.24, 2.45) is 5.41 Å². The average molecular weight is 573 g/mol. The number of carboxylic acids is 2. The van der Waals surface area contributed by atoms with E-state index in [0.717, 1.165) is 25.3 Å². The number of nitrogens with zero attached hydrogens (tertiary/aromatic N) is 3. The highest BCUT2D eigenvalue weighted by molar-refractivity contribution is 5.80. The van der Waals surface area contributed by atoms with Crippen LogP contribution in [0, 0.1) is 5.41 Å². The van der Waals surface area contributed by atoms with Crippen LogP contribution in [0.15, 0.2) is 24.4 Å². The minimum absolute atomic E-state index is 0.0478. The van der Waals surface area contributed by atoms with Crippen molar-refractivity contribution in [2.45, 2.75) is 45.2 Å². The van der Waals surface area contributed by atoms with Crippen molar-refractivity contribution < 1.29 is 55.7 Å². The number of alkyl halides is 6. The van der Waals surface area contributed by atoms with Crippen LogP contribution in [0.25, 0.3) is 0 Å². The van der Waals surface area contributed by atoms with E-state index in [0.29, 0.717) is 26.1 Å². The summed E-state index contributed by atoms with van der Waals surface area (Å²) in [5.74, 6) is -5.44. The third-order valence-electron chi connectivity index (χ3n) is 5.26. The maximum Gasteiger partial charge on any atom is 0.490 e. The summed E-state index contributed by atoms with van der Waals surface area (Å²) in [6.45, 7) is 8.08. The molecule has 1 spiro atoms. The van der Waals surface area contributed by atoms with Gasteiger partial charge in [-0.25, -0.2) is 14.4 Å². The Hall–Kier alpha value is -3.63. The molecule has 1 aromatic rings. The molecule has 17 heteroatoms. The molecule has 2 aliphatic heterocycles. The smallest absolute Gasteiger partial charge is 0.475 e. The van der Waals surface area contributed by atoms with E-state index in [9.17, 15) is 35.9 Å². The zero-order valence-corrected chi connectivity index (χ0v) is 21.0. The Morgan fingerprint density at radius 1 is 1.05 bits per heavy atom. The average Bonchev–Trinajstić information content (AvgIpc) is 3.05. The molecule has 1 aromatic heterocycles. The zero-order valence-electron chi connectivity index (χ0n) is 21.0. The third-order valence-corrected chi connectivity index (χ3v) is 5.26. The standard InChI is InChI=1S/C18H27N5O2.2C2HF3O2/c1-14(2)21-17(25)23-8-7-22(10-15-5-3-4-6-19-15)12-18(13-23)9-16(24)20-11-18;2*3-2(4,5)1(6)7/h3-6,14H,7-13H2,1-2H3,(H,20,24)(H,21,25);2*(H,6,7). The maximum atomic E-state index is 12.5. The van der Waals surface area contributed by atoms with Crippen molar-refractivity contribution >= 4 is 23.9 Å². The van der Waals surface area contributed by atoms with Crippen LogP contribution in [0.2, 0.25) is 0 Å². The molecule has 220 valence electrons. The number of halogens is 6. The summed E-state index contributed by atoms with van der Waals surface area (Å²) in [4.78, 5) is 50.8. The maximum absolute atomic E-state index is 12.5. The predicted molar refractivity (Wildman–Crippen MR) is 122 cm³/mol. The van der Waals surface area contributed by atoms with Crippen LogP contribution in [0.1, 0.15) is 26.0 Å². The summed E-state index contributed by atoms with van der Waals surface area (Å²) in [6, 6.07) is 5.95. The molecule has 39 heavy (non-hydrogen) atoms. The van der Waals surface area contributed by atoms with Gasteiger partial charge < -0.3 is 25.7 Å². The van der Waals surface area contributed by atoms with E-state index in [-0.39, 0.29) is 23.4 Å². The van der Waals surface area contributed by atoms with Gasteiger partial charge in [0.2, 0.25) is 5.91 Å². The summed E-state index contributed by atoms with van der Waals surface area (Å²) in [7, 11) is 0. The number of aliphatic carboxylic acids is 2. The number of carboxylic acid groups (broad SMARTS) is 2. The molecule has 0 bridgehead atoms. The molecule has 4 N–H and O–H groups in total. The highest BCUT2D eigenvalue weighted by atomic mass is 19.4. The van der Waals surface area contributed by atoms with E-state index in [1.54, 1.807) is 6.20 Å². The Morgan fingerprint density at radius 2 is 1.62 bits per heavy atom. The zero-order chi connectivity index (χ0) is 30.0. The number of hydrogen-bond acceptors (Lipinski definition) is 6. The molecule has 2 saturated heterocycles. The third kappa shape index (κ3) is 12.2. The summed E-state index contributed by atoms with van der Waals surface area (Å²) < 4.78 is 63.5. The lowest BCUT2D eigenvalue weighted by Gasteiger charge is -2.33. The van der Waals surface area contributed by atoms with Gasteiger partial charge >= 0.3 is 30.3 Å². The van der Waals surface area contributed by atoms with Gasteiger partial charge in [0.15, 0.2) is 0 Å². The second kappa shape index (κ2) is 14.0. The highest BCUT2D eigenvalue weighted by Crippen LogP contribution is 2.31. The van der Waals surface area contributed by atoms with Gasteiger partial charge in [-0.1, -0.05) is 6.07 Å². The molecule has 3 rings (SSSR count). The van der Waals surface area contributed by atoms with Gasteiger partial charge in [-0.3, -0.25) is 14.7 Å². The number of nitrogens with one attached hydrogen (secondary N) is 2. The van der Waals surface area contributed by atoms with Crippen LogP contribution in [0.5, 0.6) is 0 Å². The quantitative estimate of drug-likeness (QED) is 0.402. The topological polar surface area (TPSA) is 152 Å². The molecule has 11 nitrogen and oxygen atoms in total. The van der Waals surface area contributed by atoms with Crippen molar-refractivity contribution in [1.82, 2.24) is 25.4 Å². The number of pyridine rings is 1. The number of carbonyl (C=O) groups excluding carboxylic acids is 2. The summed E-state index contributed by atoms with van der Waals surface area (Å²) >= 11 is 0. The Balaban J connectivity index is 0.000000449. The van der Waals surface area contributed by atoms with Gasteiger partial charge in [0, 0.05) is 63.3 Å².